The van der Waals surface area contributed by atoms with E-state index in [0.717, 1.165) is 11.3 Å². The van der Waals surface area contributed by atoms with Gasteiger partial charge in [-0.2, -0.15) is 8.78 Å². The van der Waals surface area contributed by atoms with Crippen molar-refractivity contribution in [3.05, 3.63) is 39.5 Å². The lowest BCUT2D eigenvalue weighted by Crippen LogP contribution is -2.48. The molecule has 0 aliphatic carbocycles. The molecule has 1 aliphatic heterocycles. The van der Waals surface area contributed by atoms with E-state index in [4.69, 9.17) is 16.3 Å². The topological polar surface area (TPSA) is 109 Å². The van der Waals surface area contributed by atoms with E-state index in [-0.39, 0.29) is 37.0 Å². The fourth-order valence-electron chi connectivity index (χ4n) is 3.21. The van der Waals surface area contributed by atoms with E-state index in [1.165, 1.54) is 23.1 Å². The van der Waals surface area contributed by atoms with Crippen molar-refractivity contribution >= 4 is 52.0 Å². The van der Waals surface area contributed by atoms with Gasteiger partial charge in [0.05, 0.1) is 21.5 Å². The molecular weight excluding hydrogens is 494 g/mol. The molecule has 34 heavy (non-hydrogen) atoms. The molecule has 9 nitrogen and oxygen atoms in total. The Morgan fingerprint density at radius 2 is 2.09 bits per heavy atom. The van der Waals surface area contributed by atoms with Crippen LogP contribution in [0.25, 0.3) is 0 Å². The number of rotatable bonds is 10. The predicted octanol–water partition coefficient (Wildman–Crippen LogP) is 2.71. The van der Waals surface area contributed by atoms with E-state index >= 15 is 0 Å². The molecular formula is C21H23ClF2N4O5S. The molecule has 13 heteroatoms. The van der Waals surface area contributed by atoms with Gasteiger partial charge >= 0.3 is 6.61 Å². The molecule has 2 heterocycles. The summed E-state index contributed by atoms with van der Waals surface area (Å²) in [6, 6.07) is 6.46. The van der Waals surface area contributed by atoms with E-state index in [2.05, 4.69) is 20.7 Å². The van der Waals surface area contributed by atoms with E-state index in [0.29, 0.717) is 28.1 Å². The molecule has 0 radical (unpaired) electrons. The van der Waals surface area contributed by atoms with Crippen LogP contribution in [0.15, 0.2) is 30.3 Å². The molecule has 2 aromatic rings. The number of likely N-dealkylation sites (N-methyl/N-ethyl adjacent to an activating group) is 1. The number of benzene rings is 1. The Hall–Kier alpha value is -2.80. The van der Waals surface area contributed by atoms with Crippen molar-refractivity contribution in [1.29, 1.82) is 0 Å². The summed E-state index contributed by atoms with van der Waals surface area (Å²) in [6.07, 6.45) is 0. The Labute approximate surface area is 203 Å². The first-order chi connectivity index (χ1) is 16.3. The molecule has 0 saturated carbocycles. The molecule has 1 fully saturated rings. The lowest BCUT2D eigenvalue weighted by molar-refractivity contribution is -0.125. The van der Waals surface area contributed by atoms with Crippen molar-refractivity contribution in [3.63, 3.8) is 0 Å². The van der Waals surface area contributed by atoms with Crippen LogP contribution >= 0.6 is 22.9 Å². The first-order valence-electron chi connectivity index (χ1n) is 10.3. The van der Waals surface area contributed by atoms with Crippen LogP contribution in [0, 0.1) is 0 Å². The highest BCUT2D eigenvalue weighted by Gasteiger charge is 2.24. The number of thiophene rings is 1. The van der Waals surface area contributed by atoms with Gasteiger partial charge in [0.2, 0.25) is 5.91 Å². The standard InChI is InChI=1S/C21H23ClF2N4O5S/c1-2-25-14(10-26-20(31)16-5-6-17(22)34-16)19(30)27-13-4-3-12(9-15(13)33-21(23)24)28-7-8-32-11-18(28)29/h3-6,9,14,21,25H,2,7-8,10-11H2,1H3,(H,26,31)(H,27,30)/t14-/m0/s1. The number of morpholine rings is 1. The smallest absolute Gasteiger partial charge is 0.387 e. The minimum Gasteiger partial charge on any atom is -0.433 e. The first kappa shape index (κ1) is 25.8. The minimum absolute atomic E-state index is 0.00553. The minimum atomic E-state index is -3.15. The zero-order valence-electron chi connectivity index (χ0n) is 18.1. The molecule has 1 aliphatic rings. The molecule has 0 spiro atoms. The third-order valence-electron chi connectivity index (χ3n) is 4.77. The average Bonchev–Trinajstić information content (AvgIpc) is 3.24. The molecule has 3 N–H and O–H groups in total. The lowest BCUT2D eigenvalue weighted by Gasteiger charge is -2.27. The predicted molar refractivity (Wildman–Crippen MR) is 124 cm³/mol. The molecule has 184 valence electrons. The maximum Gasteiger partial charge on any atom is 0.387 e. The second kappa shape index (κ2) is 12.1. The fraction of sp³-hybridized carbons (Fsp3) is 0.381. The Morgan fingerprint density at radius 1 is 1.29 bits per heavy atom. The SMILES string of the molecule is CCN[C@@H](CNC(=O)c1ccc(Cl)s1)C(=O)Nc1ccc(N2CCOCC2=O)cc1OC(F)F. The van der Waals surface area contributed by atoms with Gasteiger partial charge in [0.1, 0.15) is 12.6 Å². The normalized spacial score (nSPS) is 14.7. The Kier molecular flexibility index (Phi) is 9.16. The summed E-state index contributed by atoms with van der Waals surface area (Å²) in [6.45, 7) is -0.554. The summed E-state index contributed by atoms with van der Waals surface area (Å²) >= 11 is 6.95. The highest BCUT2D eigenvalue weighted by atomic mass is 35.5. The van der Waals surface area contributed by atoms with Gasteiger partial charge in [0.15, 0.2) is 5.75 Å². The zero-order valence-corrected chi connectivity index (χ0v) is 19.7. The summed E-state index contributed by atoms with van der Waals surface area (Å²) in [5.41, 5.74) is 0.334. The molecule has 1 aromatic carbocycles. The number of alkyl halides is 2. The molecule has 1 aromatic heterocycles. The number of amides is 3. The van der Waals surface area contributed by atoms with E-state index in [9.17, 15) is 23.2 Å². The number of ether oxygens (including phenoxy) is 2. The van der Waals surface area contributed by atoms with Crippen molar-refractivity contribution in [2.75, 3.05) is 43.1 Å². The summed E-state index contributed by atoms with van der Waals surface area (Å²) in [7, 11) is 0. The zero-order chi connectivity index (χ0) is 24.7. The van der Waals surface area contributed by atoms with Crippen molar-refractivity contribution in [3.8, 4) is 5.75 Å². The van der Waals surface area contributed by atoms with Crippen molar-refractivity contribution in [2.24, 2.45) is 0 Å². The average molecular weight is 517 g/mol. The van der Waals surface area contributed by atoms with E-state index in [1.807, 2.05) is 0 Å². The first-order valence-corrected chi connectivity index (χ1v) is 11.5. The third kappa shape index (κ3) is 6.86. The maximum atomic E-state index is 13.0. The third-order valence-corrected chi connectivity index (χ3v) is 6.00. The van der Waals surface area contributed by atoms with Crippen LogP contribution in [-0.4, -0.2) is 63.2 Å². The van der Waals surface area contributed by atoms with Crippen molar-refractivity contribution < 1.29 is 32.6 Å². The molecule has 3 rings (SSSR count). The number of hydrogen-bond acceptors (Lipinski definition) is 7. The summed E-state index contributed by atoms with van der Waals surface area (Å²) < 4.78 is 36.2. The van der Waals surface area contributed by atoms with E-state index in [1.54, 1.807) is 19.1 Å². The highest BCUT2D eigenvalue weighted by Crippen LogP contribution is 2.32. The van der Waals surface area contributed by atoms with Gasteiger partial charge in [-0.1, -0.05) is 18.5 Å². The summed E-state index contributed by atoms with van der Waals surface area (Å²) in [4.78, 5) is 39.0. The van der Waals surface area contributed by atoms with E-state index < -0.39 is 24.5 Å². The van der Waals surface area contributed by atoms with Crippen LogP contribution in [0.1, 0.15) is 16.6 Å². The van der Waals surface area contributed by atoms with Crippen LogP contribution in [0.4, 0.5) is 20.2 Å². The van der Waals surface area contributed by atoms with Crippen LogP contribution in [-0.2, 0) is 14.3 Å². The van der Waals surface area contributed by atoms with Crippen LogP contribution in [0.5, 0.6) is 5.75 Å². The van der Waals surface area contributed by atoms with Gasteiger partial charge < -0.3 is 30.3 Å². The number of halogens is 3. The van der Waals surface area contributed by atoms with Gasteiger partial charge in [-0.15, -0.1) is 11.3 Å². The van der Waals surface area contributed by atoms with Gasteiger partial charge in [0, 0.05) is 24.8 Å². The van der Waals surface area contributed by atoms with Crippen LogP contribution in [0.3, 0.4) is 0 Å². The second-order valence-corrected chi connectivity index (χ2v) is 8.79. The molecule has 0 bridgehead atoms. The molecule has 3 amide bonds. The number of nitrogens with one attached hydrogen (secondary N) is 3. The van der Waals surface area contributed by atoms with Crippen molar-refractivity contribution in [1.82, 2.24) is 10.6 Å². The second-order valence-electron chi connectivity index (χ2n) is 7.07. The van der Waals surface area contributed by atoms with Gasteiger partial charge in [-0.3, -0.25) is 14.4 Å². The lowest BCUT2D eigenvalue weighted by atomic mass is 10.2. The van der Waals surface area contributed by atoms with Crippen LogP contribution in [0.2, 0.25) is 4.34 Å². The number of nitrogens with zero attached hydrogens (tertiary/aromatic N) is 1. The number of anilines is 2. The monoisotopic (exact) mass is 516 g/mol. The number of carbonyl (C=O) groups is 3. The summed E-state index contributed by atoms with van der Waals surface area (Å²) in [5.74, 6) is -1.58. The largest absolute Gasteiger partial charge is 0.433 e. The van der Waals surface area contributed by atoms with Gasteiger partial charge in [-0.05, 0) is 30.8 Å². The molecule has 1 atom stereocenters. The quantitative estimate of drug-likeness (QED) is 0.448. The summed E-state index contributed by atoms with van der Waals surface area (Å²) in [5, 5.41) is 8.14. The fourth-order valence-corrected chi connectivity index (χ4v) is 4.17. The number of carbonyl (C=O) groups excluding carboxylic acids is 3. The van der Waals surface area contributed by atoms with Crippen LogP contribution < -0.4 is 25.6 Å². The maximum absolute atomic E-state index is 13.0. The Morgan fingerprint density at radius 3 is 2.74 bits per heavy atom. The van der Waals surface area contributed by atoms with Gasteiger partial charge in [-0.25, -0.2) is 0 Å². The molecule has 0 unspecified atom stereocenters. The number of hydrogen-bond donors (Lipinski definition) is 3. The highest BCUT2D eigenvalue weighted by molar-refractivity contribution is 7.18. The van der Waals surface area contributed by atoms with Gasteiger partial charge in [0.25, 0.3) is 11.8 Å². The Bertz CT molecular complexity index is 1040. The van der Waals surface area contributed by atoms with Crippen molar-refractivity contribution in [2.45, 2.75) is 19.6 Å². The molecule has 1 saturated heterocycles. The Balaban J connectivity index is 1.72.